The number of nitrogens with zero attached hydrogens (tertiary/aromatic N) is 3. The Balaban J connectivity index is 1.32. The van der Waals surface area contributed by atoms with Gasteiger partial charge >= 0.3 is 0 Å². The van der Waals surface area contributed by atoms with Gasteiger partial charge in [0, 0.05) is 43.9 Å². The summed E-state index contributed by atoms with van der Waals surface area (Å²) in [5.74, 6) is 1.08. The van der Waals surface area contributed by atoms with Crippen LogP contribution in [0.15, 0.2) is 55.0 Å². The van der Waals surface area contributed by atoms with Crippen LogP contribution in [-0.2, 0) is 0 Å². The van der Waals surface area contributed by atoms with Crippen molar-refractivity contribution in [3.63, 3.8) is 0 Å². The van der Waals surface area contributed by atoms with E-state index >= 15 is 0 Å². The largest absolute Gasteiger partial charge is 0.371 e. The summed E-state index contributed by atoms with van der Waals surface area (Å²) in [5.41, 5.74) is 1.91. The number of thiophene rings is 1. The van der Waals surface area contributed by atoms with Crippen molar-refractivity contribution in [2.75, 3.05) is 35.2 Å². The number of nitrogens with one attached hydrogen (secondary N) is 2. The van der Waals surface area contributed by atoms with Crippen LogP contribution in [0.5, 0.6) is 0 Å². The highest BCUT2D eigenvalue weighted by Gasteiger charge is 2.20. The minimum absolute atomic E-state index is 0.177. The Hall–Kier alpha value is -2.64. The van der Waals surface area contributed by atoms with Gasteiger partial charge in [0.1, 0.15) is 5.82 Å². The van der Waals surface area contributed by atoms with Crippen LogP contribution in [0.3, 0.4) is 0 Å². The van der Waals surface area contributed by atoms with E-state index in [4.69, 9.17) is 11.6 Å². The number of amides is 1. The quantitative estimate of drug-likeness (QED) is 0.592. The van der Waals surface area contributed by atoms with E-state index in [1.165, 1.54) is 17.0 Å². The summed E-state index contributed by atoms with van der Waals surface area (Å²) in [6.07, 6.45) is 7.62. The number of hydrogen-bond donors (Lipinski definition) is 2. The highest BCUT2D eigenvalue weighted by atomic mass is 35.5. The lowest BCUT2D eigenvalue weighted by Crippen LogP contribution is -2.35. The maximum Gasteiger partial charge on any atom is 0.265 e. The number of piperidine rings is 1. The molecule has 29 heavy (non-hydrogen) atoms. The minimum atomic E-state index is -0.177. The SMILES string of the molecule is O=C(Nc1cccnc1NCC1CCN(c2ccncc2)CC1)c1ccc(Cl)s1. The fraction of sp³-hybridized carbons (Fsp3) is 0.286. The second-order valence-electron chi connectivity index (χ2n) is 6.97. The predicted octanol–water partition coefficient (Wildman–Crippen LogP) is 4.77. The number of carbonyl (C=O) groups excluding carboxylic acids is 1. The standard InChI is InChI=1S/C21H22ClN5OS/c22-19-4-3-18(29-19)21(28)26-17-2-1-9-24-20(17)25-14-15-7-12-27(13-8-15)16-5-10-23-11-6-16/h1-6,9-11,15H,7-8,12-14H2,(H,24,25)(H,26,28). The van der Waals surface area contributed by atoms with E-state index in [-0.39, 0.29) is 5.91 Å². The summed E-state index contributed by atoms with van der Waals surface area (Å²) in [4.78, 5) is 23.9. The number of halogens is 1. The maximum absolute atomic E-state index is 12.4. The summed E-state index contributed by atoms with van der Waals surface area (Å²) in [6, 6.07) is 11.2. The summed E-state index contributed by atoms with van der Waals surface area (Å²) in [5, 5.41) is 6.35. The van der Waals surface area contributed by atoms with E-state index < -0.39 is 0 Å². The van der Waals surface area contributed by atoms with E-state index in [1.807, 2.05) is 24.5 Å². The molecule has 0 unspecified atom stereocenters. The lowest BCUT2D eigenvalue weighted by molar-refractivity contribution is 0.103. The van der Waals surface area contributed by atoms with Crippen molar-refractivity contribution in [1.29, 1.82) is 0 Å². The first-order valence-corrected chi connectivity index (χ1v) is 10.8. The molecule has 8 heteroatoms. The fourth-order valence-corrected chi connectivity index (χ4v) is 4.40. The smallest absolute Gasteiger partial charge is 0.265 e. The van der Waals surface area contributed by atoms with Gasteiger partial charge in [0.2, 0.25) is 0 Å². The van der Waals surface area contributed by atoms with Gasteiger partial charge in [0.05, 0.1) is 14.9 Å². The highest BCUT2D eigenvalue weighted by Crippen LogP contribution is 2.26. The van der Waals surface area contributed by atoms with Gasteiger partial charge in [-0.15, -0.1) is 11.3 Å². The van der Waals surface area contributed by atoms with Gasteiger partial charge in [-0.1, -0.05) is 11.6 Å². The number of pyridine rings is 2. The molecule has 0 aliphatic carbocycles. The molecule has 4 heterocycles. The second-order valence-corrected chi connectivity index (χ2v) is 8.69. The molecule has 3 aromatic heterocycles. The summed E-state index contributed by atoms with van der Waals surface area (Å²) < 4.78 is 0.595. The fourth-order valence-electron chi connectivity index (χ4n) is 3.46. The van der Waals surface area contributed by atoms with E-state index in [9.17, 15) is 4.79 Å². The second kappa shape index (κ2) is 9.24. The molecule has 6 nitrogen and oxygen atoms in total. The highest BCUT2D eigenvalue weighted by molar-refractivity contribution is 7.18. The third-order valence-electron chi connectivity index (χ3n) is 5.05. The number of hydrogen-bond acceptors (Lipinski definition) is 6. The molecule has 3 aromatic rings. The zero-order valence-electron chi connectivity index (χ0n) is 15.8. The first-order chi connectivity index (χ1) is 14.2. The third-order valence-corrected chi connectivity index (χ3v) is 6.28. The summed E-state index contributed by atoms with van der Waals surface area (Å²) in [7, 11) is 0. The van der Waals surface area contributed by atoms with Gasteiger partial charge in [-0.2, -0.15) is 0 Å². The molecular weight excluding hydrogens is 406 g/mol. The van der Waals surface area contributed by atoms with Crippen LogP contribution >= 0.6 is 22.9 Å². The molecular formula is C21H22ClN5OS. The first kappa shape index (κ1) is 19.7. The molecule has 0 aromatic carbocycles. The van der Waals surface area contributed by atoms with Gasteiger partial charge in [0.15, 0.2) is 0 Å². The van der Waals surface area contributed by atoms with Crippen LogP contribution in [-0.4, -0.2) is 35.5 Å². The van der Waals surface area contributed by atoms with Crippen LogP contribution in [0.1, 0.15) is 22.5 Å². The van der Waals surface area contributed by atoms with Crippen molar-refractivity contribution in [3.8, 4) is 0 Å². The van der Waals surface area contributed by atoms with Gasteiger partial charge in [-0.05, 0) is 55.2 Å². The van der Waals surface area contributed by atoms with Crippen LogP contribution < -0.4 is 15.5 Å². The first-order valence-electron chi connectivity index (χ1n) is 9.59. The predicted molar refractivity (Wildman–Crippen MR) is 119 cm³/mol. The number of anilines is 3. The molecule has 0 bridgehead atoms. The molecule has 0 spiro atoms. The van der Waals surface area contributed by atoms with E-state index in [0.717, 1.165) is 32.5 Å². The average molecular weight is 428 g/mol. The van der Waals surface area contributed by atoms with Gasteiger partial charge in [-0.3, -0.25) is 9.78 Å². The zero-order valence-corrected chi connectivity index (χ0v) is 17.4. The Morgan fingerprint density at radius 3 is 2.66 bits per heavy atom. The van der Waals surface area contributed by atoms with Gasteiger partial charge < -0.3 is 15.5 Å². The Morgan fingerprint density at radius 1 is 1.14 bits per heavy atom. The van der Waals surface area contributed by atoms with Crippen molar-refractivity contribution in [3.05, 3.63) is 64.2 Å². The lowest BCUT2D eigenvalue weighted by Gasteiger charge is -2.33. The Bertz CT molecular complexity index is 956. The molecule has 0 radical (unpaired) electrons. The lowest BCUT2D eigenvalue weighted by atomic mass is 9.96. The van der Waals surface area contributed by atoms with E-state index in [1.54, 1.807) is 18.3 Å². The molecule has 1 amide bonds. The minimum Gasteiger partial charge on any atom is -0.371 e. The molecule has 1 aliphatic rings. The average Bonchev–Trinajstić information content (AvgIpc) is 3.21. The molecule has 0 saturated carbocycles. The van der Waals surface area contributed by atoms with Crippen molar-refractivity contribution in [2.24, 2.45) is 5.92 Å². The number of aromatic nitrogens is 2. The molecule has 1 aliphatic heterocycles. The number of carbonyl (C=O) groups is 1. The third kappa shape index (κ3) is 5.05. The van der Waals surface area contributed by atoms with Crippen LogP contribution in [0.25, 0.3) is 0 Å². The molecule has 1 fully saturated rings. The van der Waals surface area contributed by atoms with Crippen molar-refractivity contribution >= 4 is 46.0 Å². The molecule has 1 saturated heterocycles. The summed E-state index contributed by atoms with van der Waals surface area (Å²) in [6.45, 7) is 2.89. The topological polar surface area (TPSA) is 70.2 Å². The monoisotopic (exact) mass is 427 g/mol. The van der Waals surface area contributed by atoms with Crippen LogP contribution in [0, 0.1) is 5.92 Å². The molecule has 150 valence electrons. The maximum atomic E-state index is 12.4. The molecule has 4 rings (SSSR count). The van der Waals surface area contributed by atoms with Crippen molar-refractivity contribution in [2.45, 2.75) is 12.8 Å². The van der Waals surface area contributed by atoms with E-state index in [2.05, 4.69) is 37.6 Å². The molecule has 0 atom stereocenters. The van der Waals surface area contributed by atoms with Gasteiger partial charge in [0.25, 0.3) is 5.91 Å². The zero-order chi connectivity index (χ0) is 20.1. The van der Waals surface area contributed by atoms with Crippen molar-refractivity contribution in [1.82, 2.24) is 9.97 Å². The molecule has 2 N–H and O–H groups in total. The van der Waals surface area contributed by atoms with E-state index in [0.29, 0.717) is 26.6 Å². The summed E-state index contributed by atoms with van der Waals surface area (Å²) >= 11 is 7.19. The Morgan fingerprint density at radius 2 is 1.93 bits per heavy atom. The Kier molecular flexibility index (Phi) is 6.27. The Labute approximate surface area is 178 Å². The van der Waals surface area contributed by atoms with Crippen LogP contribution in [0.2, 0.25) is 4.34 Å². The van der Waals surface area contributed by atoms with Crippen molar-refractivity contribution < 1.29 is 4.79 Å². The van der Waals surface area contributed by atoms with Crippen LogP contribution in [0.4, 0.5) is 17.2 Å². The number of rotatable bonds is 6. The normalized spacial score (nSPS) is 14.6. The van der Waals surface area contributed by atoms with Gasteiger partial charge in [-0.25, -0.2) is 4.98 Å².